The number of ketones is 3. The van der Waals surface area contributed by atoms with Crippen LogP contribution in [0.5, 0.6) is 23.0 Å². The zero-order valence-corrected chi connectivity index (χ0v) is 52.8. The SMILES string of the molecule is COc1ccc(CC(=O)[C@H](CCCN=C(N)N)NC(=O)c2cc(CC(=O)[C@H](CCCN=C(N)N)NC(=O)c3cc(CC[C@H](CCCN=C(N)N)NC(=O)c4cc(CC(=O)[C@H](C)NC(=O)CCCCN=C(N)N)ccc4OC)ccc3OC)ccc2OC)cc1C(N)=O. The summed E-state index contributed by atoms with van der Waals surface area (Å²) in [6, 6.07) is 15.5. The second-order valence-electron chi connectivity index (χ2n) is 21.6. The molecule has 4 aromatic carbocycles. The standard InChI is InChI=1S/C63H89N17O12/c1-36(77-55(84)14-6-7-25-73-60(65)66)48(81)33-39-18-23-53(91-4)44(31-39)57(86)78-41(11-8-26-74-61(67)68)20-15-37-16-21-52(90-3)43(29-37)58(87)79-47(13-10-28-76-63(71)72)50(83)35-40-19-24-54(92-5)45(32-40)59(88)80-46(12-9-27-75-62(69)70)49(82)34-38-17-22-51(89-2)42(30-38)56(64)85/h16-19,21-24,29-32,36,41,46-47H,6-15,20,25-28,33-35H2,1-5H3,(H2,64,85)(H,77,84)(H,78,86)(H,79,87)(H,80,88)(H4,65,66,73)(H4,67,68,74)(H4,69,70,75)(H4,71,72,76)/t36-,41-,46-,47-/m0/s1. The monoisotopic (exact) mass is 1280 g/mol. The molecule has 4 atom stereocenters. The van der Waals surface area contributed by atoms with Gasteiger partial charge in [-0.15, -0.1) is 0 Å². The number of carbonyl (C=O) groups excluding carboxylic acids is 8. The Bertz CT molecular complexity index is 3340. The van der Waals surface area contributed by atoms with Crippen LogP contribution in [0.2, 0.25) is 0 Å². The van der Waals surface area contributed by atoms with Gasteiger partial charge in [-0.05, 0) is 142 Å². The predicted octanol–water partition coefficient (Wildman–Crippen LogP) is 0.592. The lowest BCUT2D eigenvalue weighted by Gasteiger charge is -2.21. The molecule has 0 spiro atoms. The Kier molecular flexibility index (Phi) is 30.7. The third-order valence-corrected chi connectivity index (χ3v) is 14.6. The summed E-state index contributed by atoms with van der Waals surface area (Å²) < 4.78 is 22.0. The topological polar surface area (TPSA) is 505 Å². The van der Waals surface area contributed by atoms with Gasteiger partial charge < -0.3 is 91.8 Å². The summed E-state index contributed by atoms with van der Waals surface area (Å²) in [6.45, 7) is 2.55. The number of aliphatic imine (C=N–C) groups is 4. The molecule has 498 valence electrons. The van der Waals surface area contributed by atoms with Gasteiger partial charge in [0.2, 0.25) is 5.91 Å². The van der Waals surface area contributed by atoms with Crippen molar-refractivity contribution in [3.63, 3.8) is 0 Å². The van der Waals surface area contributed by atoms with E-state index < -0.39 is 59.4 Å². The molecule has 0 aromatic heterocycles. The molecule has 0 unspecified atom stereocenters. The van der Waals surface area contributed by atoms with Gasteiger partial charge in [0, 0.05) is 57.9 Å². The lowest BCUT2D eigenvalue weighted by molar-refractivity contribution is -0.127. The van der Waals surface area contributed by atoms with Gasteiger partial charge in [-0.2, -0.15) is 0 Å². The highest BCUT2D eigenvalue weighted by molar-refractivity contribution is 6.03. The third-order valence-electron chi connectivity index (χ3n) is 14.6. The average molecular weight is 1280 g/mol. The first kappa shape index (κ1) is 74.0. The largest absolute Gasteiger partial charge is 0.496 e. The molecule has 0 bridgehead atoms. The van der Waals surface area contributed by atoms with E-state index in [1.54, 1.807) is 55.5 Å². The maximum absolute atomic E-state index is 14.5. The highest BCUT2D eigenvalue weighted by Gasteiger charge is 2.28. The van der Waals surface area contributed by atoms with Gasteiger partial charge in [0.15, 0.2) is 41.2 Å². The molecule has 0 aliphatic carbocycles. The number of guanidine groups is 4. The Balaban J connectivity index is 1.56. The summed E-state index contributed by atoms with van der Waals surface area (Å²) in [5, 5.41) is 11.5. The number of carbonyl (C=O) groups is 8. The van der Waals surface area contributed by atoms with Crippen molar-refractivity contribution in [3.05, 3.63) is 117 Å². The summed E-state index contributed by atoms with van der Waals surface area (Å²) in [4.78, 5) is 125. The van der Waals surface area contributed by atoms with Crippen LogP contribution in [0.25, 0.3) is 0 Å². The number of Topliss-reactive ketones (excluding diaryl/α,β-unsaturated/α-hetero) is 3. The molecule has 5 amide bonds. The summed E-state index contributed by atoms with van der Waals surface area (Å²) in [5.41, 5.74) is 52.1. The molecule has 29 nitrogen and oxygen atoms in total. The smallest absolute Gasteiger partial charge is 0.255 e. The van der Waals surface area contributed by atoms with Gasteiger partial charge in [0.25, 0.3) is 23.6 Å². The molecule has 0 radical (unpaired) electrons. The molecule has 22 N–H and O–H groups in total. The van der Waals surface area contributed by atoms with Crippen LogP contribution in [-0.4, -0.2) is 150 Å². The molecular formula is C63H89N17O12. The number of primary amides is 1. The van der Waals surface area contributed by atoms with Gasteiger partial charge in [-0.3, -0.25) is 58.3 Å². The number of hydrogen-bond acceptors (Lipinski definition) is 16. The van der Waals surface area contributed by atoms with Gasteiger partial charge in [-0.25, -0.2) is 0 Å². The lowest BCUT2D eigenvalue weighted by atomic mass is 9.96. The minimum absolute atomic E-state index is 0.00306. The van der Waals surface area contributed by atoms with Crippen molar-refractivity contribution < 1.29 is 57.3 Å². The molecule has 0 heterocycles. The van der Waals surface area contributed by atoms with E-state index in [-0.39, 0.29) is 145 Å². The van der Waals surface area contributed by atoms with E-state index in [9.17, 15) is 38.4 Å². The summed E-state index contributed by atoms with van der Waals surface area (Å²) in [5.74, 6) is -3.61. The van der Waals surface area contributed by atoms with E-state index in [1.807, 2.05) is 0 Å². The number of amides is 5. The van der Waals surface area contributed by atoms with Crippen LogP contribution in [0, 0.1) is 0 Å². The number of nitrogens with one attached hydrogen (secondary N) is 4. The minimum Gasteiger partial charge on any atom is -0.496 e. The fraction of sp³-hybridized carbons (Fsp3) is 0.429. The van der Waals surface area contributed by atoms with Gasteiger partial charge >= 0.3 is 0 Å². The van der Waals surface area contributed by atoms with Crippen LogP contribution in [0.3, 0.4) is 0 Å². The van der Waals surface area contributed by atoms with Crippen molar-refractivity contribution in [1.82, 2.24) is 21.3 Å². The van der Waals surface area contributed by atoms with Crippen LogP contribution >= 0.6 is 0 Å². The molecule has 0 aliphatic heterocycles. The lowest BCUT2D eigenvalue weighted by Crippen LogP contribution is -2.42. The van der Waals surface area contributed by atoms with Crippen LogP contribution < -0.4 is 91.8 Å². The highest BCUT2D eigenvalue weighted by Crippen LogP contribution is 2.27. The Morgan fingerprint density at radius 2 is 0.750 bits per heavy atom. The Hall–Kier alpha value is -10.5. The van der Waals surface area contributed by atoms with Crippen molar-refractivity contribution in [3.8, 4) is 23.0 Å². The quantitative estimate of drug-likeness (QED) is 0.0164. The minimum atomic E-state index is -1.11. The van der Waals surface area contributed by atoms with Crippen molar-refractivity contribution in [2.24, 2.45) is 71.6 Å². The van der Waals surface area contributed by atoms with Crippen LogP contribution in [0.1, 0.15) is 135 Å². The van der Waals surface area contributed by atoms with E-state index >= 15 is 0 Å². The van der Waals surface area contributed by atoms with Gasteiger partial charge in [0.05, 0.1) is 68.8 Å². The molecule has 0 fully saturated rings. The molecule has 0 saturated heterocycles. The fourth-order valence-corrected chi connectivity index (χ4v) is 9.78. The maximum Gasteiger partial charge on any atom is 0.255 e. The van der Waals surface area contributed by atoms with Crippen LogP contribution in [0.4, 0.5) is 0 Å². The first-order valence-electron chi connectivity index (χ1n) is 29.9. The van der Waals surface area contributed by atoms with Crippen molar-refractivity contribution >= 4 is 70.7 Å². The van der Waals surface area contributed by atoms with Crippen LogP contribution in [0.15, 0.2) is 92.8 Å². The van der Waals surface area contributed by atoms with Crippen molar-refractivity contribution in [2.75, 3.05) is 54.6 Å². The van der Waals surface area contributed by atoms with Gasteiger partial charge in [0.1, 0.15) is 23.0 Å². The maximum atomic E-state index is 14.5. The van der Waals surface area contributed by atoms with Gasteiger partial charge in [-0.1, -0.05) is 24.3 Å². The normalized spacial score (nSPS) is 12.0. The second kappa shape index (κ2) is 38.2. The van der Waals surface area contributed by atoms with E-state index in [1.165, 1.54) is 52.7 Å². The third kappa shape index (κ3) is 25.2. The van der Waals surface area contributed by atoms with Crippen molar-refractivity contribution in [1.29, 1.82) is 0 Å². The first-order chi connectivity index (χ1) is 43.9. The number of rotatable bonds is 41. The zero-order chi connectivity index (χ0) is 67.9. The highest BCUT2D eigenvalue weighted by atomic mass is 16.5. The molecule has 92 heavy (non-hydrogen) atoms. The number of methoxy groups -OCH3 is 4. The van der Waals surface area contributed by atoms with E-state index in [0.717, 1.165) is 0 Å². The number of nitrogens with zero attached hydrogens (tertiary/aromatic N) is 4. The number of hydrogen-bond donors (Lipinski definition) is 13. The molecule has 4 rings (SSSR count). The predicted molar refractivity (Wildman–Crippen MR) is 351 cm³/mol. The summed E-state index contributed by atoms with van der Waals surface area (Å²) in [6.07, 6.45) is 3.13. The second-order valence-corrected chi connectivity index (χ2v) is 21.6. The molecular weight excluding hydrogens is 1190 g/mol. The van der Waals surface area contributed by atoms with E-state index in [2.05, 4.69) is 41.2 Å². The zero-order valence-electron chi connectivity index (χ0n) is 52.8. The van der Waals surface area contributed by atoms with E-state index in [4.69, 9.17) is 70.6 Å². The number of nitrogens with two attached hydrogens (primary N) is 9. The number of ether oxygens (including phenoxy) is 4. The number of unbranched alkanes of at least 4 members (excludes halogenated alkanes) is 1. The molecule has 0 saturated carbocycles. The Labute approximate surface area is 534 Å². The summed E-state index contributed by atoms with van der Waals surface area (Å²) >= 11 is 0. The Morgan fingerprint density at radius 1 is 0.402 bits per heavy atom. The number of benzene rings is 4. The molecule has 0 aliphatic rings. The van der Waals surface area contributed by atoms with Crippen LogP contribution in [-0.2, 0) is 44.9 Å². The first-order valence-corrected chi connectivity index (χ1v) is 29.9. The summed E-state index contributed by atoms with van der Waals surface area (Å²) in [7, 11) is 5.56. The van der Waals surface area contributed by atoms with Crippen molar-refractivity contribution in [2.45, 2.75) is 121 Å². The molecule has 29 heteroatoms. The number of aryl methyl sites for hydroxylation is 1. The average Bonchev–Trinajstić information content (AvgIpc) is 1.16. The molecule has 4 aromatic rings. The Morgan fingerprint density at radius 3 is 1.15 bits per heavy atom. The van der Waals surface area contributed by atoms with E-state index in [0.29, 0.717) is 73.7 Å². The fourth-order valence-electron chi connectivity index (χ4n) is 9.78.